The van der Waals surface area contributed by atoms with Crippen LogP contribution in [-0.2, 0) is 4.79 Å². The number of aromatic nitrogens is 1. The number of carbonyl (C=O) groups is 1. The van der Waals surface area contributed by atoms with Crippen molar-refractivity contribution in [1.82, 2.24) is 10.3 Å². The van der Waals surface area contributed by atoms with Gasteiger partial charge in [-0.25, -0.2) is 4.98 Å². The van der Waals surface area contributed by atoms with Gasteiger partial charge in [0, 0.05) is 31.8 Å². The molecule has 0 radical (unpaired) electrons. The molecular weight excluding hydrogens is 272 g/mol. The maximum Gasteiger partial charge on any atom is 0.312 e. The molecule has 2 N–H and O–H groups in total. The van der Waals surface area contributed by atoms with Crippen molar-refractivity contribution in [3.63, 3.8) is 0 Å². The molecule has 19 heavy (non-hydrogen) atoms. The van der Waals surface area contributed by atoms with Gasteiger partial charge in [-0.3, -0.25) is 14.9 Å². The summed E-state index contributed by atoms with van der Waals surface area (Å²) in [6, 6.07) is 1.22. The van der Waals surface area contributed by atoms with Gasteiger partial charge < -0.3 is 10.6 Å². The van der Waals surface area contributed by atoms with Gasteiger partial charge in [-0.1, -0.05) is 18.5 Å². The topological polar surface area (TPSA) is 97.2 Å². The highest BCUT2D eigenvalue weighted by molar-refractivity contribution is 6.30. The summed E-state index contributed by atoms with van der Waals surface area (Å²) >= 11 is 5.64. The van der Waals surface area contributed by atoms with Crippen LogP contribution in [0.25, 0.3) is 0 Å². The zero-order valence-electron chi connectivity index (χ0n) is 10.5. The van der Waals surface area contributed by atoms with E-state index in [1.54, 1.807) is 0 Å². The molecule has 1 rings (SSSR count). The maximum atomic E-state index is 11.3. The van der Waals surface area contributed by atoms with Gasteiger partial charge in [0.15, 0.2) is 0 Å². The minimum Gasteiger partial charge on any atom is -0.364 e. The van der Waals surface area contributed by atoms with Crippen LogP contribution >= 0.6 is 11.6 Å². The predicted molar refractivity (Wildman–Crippen MR) is 72.3 cm³/mol. The number of nitro groups is 1. The van der Waals surface area contributed by atoms with Crippen LogP contribution in [0.1, 0.15) is 19.8 Å². The van der Waals surface area contributed by atoms with E-state index < -0.39 is 4.92 Å². The van der Waals surface area contributed by atoms with Gasteiger partial charge >= 0.3 is 5.69 Å². The molecule has 0 fully saturated rings. The van der Waals surface area contributed by atoms with Crippen LogP contribution in [0.15, 0.2) is 12.3 Å². The van der Waals surface area contributed by atoms with E-state index in [-0.39, 0.29) is 35.4 Å². The Morgan fingerprint density at radius 2 is 2.26 bits per heavy atom. The highest BCUT2D eigenvalue weighted by atomic mass is 35.5. The first-order valence-corrected chi connectivity index (χ1v) is 6.23. The van der Waals surface area contributed by atoms with E-state index in [0.29, 0.717) is 6.54 Å². The van der Waals surface area contributed by atoms with Crippen LogP contribution in [0.2, 0.25) is 5.02 Å². The molecule has 0 aliphatic carbocycles. The Labute approximate surface area is 115 Å². The van der Waals surface area contributed by atoms with Crippen molar-refractivity contribution in [1.29, 1.82) is 0 Å². The number of pyridine rings is 1. The van der Waals surface area contributed by atoms with Crippen LogP contribution < -0.4 is 10.6 Å². The van der Waals surface area contributed by atoms with E-state index in [1.807, 2.05) is 6.92 Å². The van der Waals surface area contributed by atoms with E-state index in [9.17, 15) is 14.9 Å². The molecule has 0 saturated heterocycles. The van der Waals surface area contributed by atoms with Crippen molar-refractivity contribution in [3.05, 3.63) is 27.4 Å². The molecule has 1 aromatic heterocycles. The highest BCUT2D eigenvalue weighted by Crippen LogP contribution is 2.24. The lowest BCUT2D eigenvalue weighted by Gasteiger charge is -2.06. The van der Waals surface area contributed by atoms with Crippen molar-refractivity contribution in [2.24, 2.45) is 0 Å². The molecule has 0 spiro atoms. The Morgan fingerprint density at radius 3 is 2.89 bits per heavy atom. The molecule has 0 aromatic carbocycles. The summed E-state index contributed by atoms with van der Waals surface area (Å²) in [5.74, 6) is 0.00339. The smallest absolute Gasteiger partial charge is 0.312 e. The average Bonchev–Trinajstić information content (AvgIpc) is 2.37. The summed E-state index contributed by atoms with van der Waals surface area (Å²) in [7, 11) is 0. The molecule has 0 bridgehead atoms. The fourth-order valence-corrected chi connectivity index (χ4v) is 1.50. The monoisotopic (exact) mass is 286 g/mol. The summed E-state index contributed by atoms with van der Waals surface area (Å²) in [6.45, 7) is 2.85. The van der Waals surface area contributed by atoms with Gasteiger partial charge in [0.1, 0.15) is 0 Å². The van der Waals surface area contributed by atoms with E-state index in [1.165, 1.54) is 12.3 Å². The number of nitrogens with one attached hydrogen (secondary N) is 2. The van der Waals surface area contributed by atoms with Gasteiger partial charge in [0.05, 0.1) is 9.95 Å². The van der Waals surface area contributed by atoms with Gasteiger partial charge in [-0.2, -0.15) is 0 Å². The molecule has 0 saturated carbocycles. The van der Waals surface area contributed by atoms with Crippen molar-refractivity contribution < 1.29 is 9.72 Å². The van der Waals surface area contributed by atoms with Gasteiger partial charge in [0.25, 0.3) is 0 Å². The number of nitrogens with zero attached hydrogens (tertiary/aromatic N) is 2. The number of halogens is 1. The Morgan fingerprint density at radius 1 is 1.53 bits per heavy atom. The van der Waals surface area contributed by atoms with Crippen LogP contribution in [-0.4, -0.2) is 28.9 Å². The van der Waals surface area contributed by atoms with E-state index in [2.05, 4.69) is 15.6 Å². The Balaban J connectivity index is 2.53. The third-order valence-electron chi connectivity index (χ3n) is 2.25. The van der Waals surface area contributed by atoms with Gasteiger partial charge in [-0.05, 0) is 6.42 Å². The standard InChI is InChI=1S/C11H15ClN4O3/c1-2-4-13-10(17)3-5-14-11-9(16(18)19)6-8(12)7-15-11/h6-7H,2-5H2,1H3,(H,13,17)(H,14,15). The van der Waals surface area contributed by atoms with Crippen molar-refractivity contribution >= 4 is 29.0 Å². The van der Waals surface area contributed by atoms with Crippen molar-refractivity contribution in [3.8, 4) is 0 Å². The molecule has 1 amide bonds. The first kappa shape index (κ1) is 15.2. The first-order chi connectivity index (χ1) is 9.04. The minimum atomic E-state index is -0.571. The van der Waals surface area contributed by atoms with Gasteiger partial charge in [0.2, 0.25) is 11.7 Å². The van der Waals surface area contributed by atoms with Crippen LogP contribution in [0.3, 0.4) is 0 Å². The molecular formula is C11H15ClN4O3. The van der Waals surface area contributed by atoms with E-state index >= 15 is 0 Å². The zero-order chi connectivity index (χ0) is 14.3. The lowest BCUT2D eigenvalue weighted by molar-refractivity contribution is -0.384. The number of carbonyl (C=O) groups excluding carboxylic acids is 1. The Kier molecular flexibility index (Phi) is 6.01. The van der Waals surface area contributed by atoms with Crippen LogP contribution in [0.4, 0.5) is 11.5 Å². The maximum absolute atomic E-state index is 11.3. The fourth-order valence-electron chi connectivity index (χ4n) is 1.35. The third-order valence-corrected chi connectivity index (χ3v) is 2.45. The summed E-state index contributed by atoms with van der Waals surface area (Å²) in [4.78, 5) is 25.4. The molecule has 1 heterocycles. The molecule has 0 atom stereocenters. The molecule has 0 aliphatic heterocycles. The summed E-state index contributed by atoms with van der Waals surface area (Å²) in [6.07, 6.45) is 2.40. The second-order valence-electron chi connectivity index (χ2n) is 3.81. The van der Waals surface area contributed by atoms with E-state index in [4.69, 9.17) is 11.6 Å². The number of rotatable bonds is 7. The normalized spacial score (nSPS) is 10.0. The Bertz CT molecular complexity index is 467. The van der Waals surface area contributed by atoms with Crippen LogP contribution in [0.5, 0.6) is 0 Å². The average molecular weight is 287 g/mol. The summed E-state index contributed by atoms with van der Waals surface area (Å²) in [5.41, 5.74) is -0.207. The van der Waals surface area contributed by atoms with Gasteiger partial charge in [-0.15, -0.1) is 0 Å². The highest BCUT2D eigenvalue weighted by Gasteiger charge is 2.15. The van der Waals surface area contributed by atoms with Crippen LogP contribution in [0, 0.1) is 10.1 Å². The molecule has 104 valence electrons. The number of hydrogen-bond acceptors (Lipinski definition) is 5. The quantitative estimate of drug-likeness (QED) is 0.590. The lowest BCUT2D eigenvalue weighted by atomic mass is 10.3. The number of hydrogen-bond donors (Lipinski definition) is 2. The lowest BCUT2D eigenvalue weighted by Crippen LogP contribution is -2.26. The fraction of sp³-hybridized carbons (Fsp3) is 0.455. The summed E-state index contributed by atoms with van der Waals surface area (Å²) in [5, 5.41) is 16.5. The SMILES string of the molecule is CCCNC(=O)CCNc1ncc(Cl)cc1[N+](=O)[O-]. The summed E-state index contributed by atoms with van der Waals surface area (Å²) < 4.78 is 0. The first-order valence-electron chi connectivity index (χ1n) is 5.85. The predicted octanol–water partition coefficient (Wildman–Crippen LogP) is 1.97. The van der Waals surface area contributed by atoms with Crippen molar-refractivity contribution in [2.45, 2.75) is 19.8 Å². The molecule has 1 aromatic rings. The molecule has 8 heteroatoms. The third kappa shape index (κ3) is 5.09. The number of amides is 1. The van der Waals surface area contributed by atoms with E-state index in [0.717, 1.165) is 6.42 Å². The molecule has 7 nitrogen and oxygen atoms in total. The van der Waals surface area contributed by atoms with Crippen molar-refractivity contribution in [2.75, 3.05) is 18.4 Å². The molecule has 0 unspecified atom stereocenters. The zero-order valence-corrected chi connectivity index (χ0v) is 11.2. The largest absolute Gasteiger partial charge is 0.364 e. The second kappa shape index (κ2) is 7.52. The number of anilines is 1. The molecule has 0 aliphatic rings. The second-order valence-corrected chi connectivity index (χ2v) is 4.24. The Hall–Kier alpha value is -1.89. The minimum absolute atomic E-state index is 0.106.